The molecule has 1 aromatic carbocycles. The zero-order valence-corrected chi connectivity index (χ0v) is 19.4. The Balaban J connectivity index is 1.62. The largest absolute Gasteiger partial charge is 0.497 e. The number of nitrogens with zero attached hydrogens (tertiary/aromatic N) is 6. The number of piperazine rings is 1. The van der Waals surface area contributed by atoms with Gasteiger partial charge in [0.2, 0.25) is 0 Å². The van der Waals surface area contributed by atoms with Crippen LogP contribution >= 0.6 is 0 Å². The second-order valence-electron chi connectivity index (χ2n) is 8.39. The fraction of sp³-hybridized carbons (Fsp3) is 0.609. The Hall–Kier alpha value is -2.61. The van der Waals surface area contributed by atoms with E-state index in [-0.39, 0.29) is 0 Å². The zero-order chi connectivity index (χ0) is 22.1. The molecule has 8 nitrogen and oxygen atoms in total. The fourth-order valence-corrected chi connectivity index (χ4v) is 3.85. The first kappa shape index (κ1) is 23.1. The molecule has 1 N–H and O–H groups in total. The summed E-state index contributed by atoms with van der Waals surface area (Å²) in [6.07, 6.45) is 2.69. The van der Waals surface area contributed by atoms with Gasteiger partial charge in [0.1, 0.15) is 17.9 Å². The number of methoxy groups -OCH3 is 1. The Kier molecular flexibility index (Phi) is 8.70. The van der Waals surface area contributed by atoms with Crippen LogP contribution in [0.1, 0.15) is 32.2 Å². The second kappa shape index (κ2) is 11.7. The topological polar surface area (TPSA) is 70.8 Å². The van der Waals surface area contributed by atoms with Crippen molar-refractivity contribution in [2.45, 2.75) is 40.3 Å². The molecule has 0 bridgehead atoms. The van der Waals surface area contributed by atoms with Crippen LogP contribution in [0.15, 0.2) is 35.6 Å². The normalized spacial score (nSPS) is 15.5. The van der Waals surface area contributed by atoms with Gasteiger partial charge in [0.25, 0.3) is 0 Å². The van der Waals surface area contributed by atoms with Gasteiger partial charge in [-0.2, -0.15) is 0 Å². The van der Waals surface area contributed by atoms with Crippen molar-refractivity contribution in [2.75, 3.05) is 46.4 Å². The van der Waals surface area contributed by atoms with E-state index >= 15 is 0 Å². The lowest BCUT2D eigenvalue weighted by atomic mass is 10.2. The molecule has 3 rings (SSSR count). The van der Waals surface area contributed by atoms with Crippen molar-refractivity contribution in [1.82, 2.24) is 29.9 Å². The van der Waals surface area contributed by atoms with Crippen LogP contribution in [-0.2, 0) is 19.5 Å². The van der Waals surface area contributed by atoms with Crippen molar-refractivity contribution in [2.24, 2.45) is 10.9 Å². The summed E-state index contributed by atoms with van der Waals surface area (Å²) in [6.45, 7) is 14.2. The monoisotopic (exact) mass is 427 g/mol. The second-order valence-corrected chi connectivity index (χ2v) is 8.39. The van der Waals surface area contributed by atoms with E-state index in [1.807, 2.05) is 12.1 Å². The number of benzene rings is 1. The molecule has 0 aliphatic carbocycles. The van der Waals surface area contributed by atoms with Gasteiger partial charge in [0.15, 0.2) is 5.96 Å². The average molecular weight is 428 g/mol. The SMILES string of the molecule is CCc1nncn1CCNC(=NCc1ccc(OC)cc1)N1CCN(CC(C)C)CC1. The van der Waals surface area contributed by atoms with Crippen LogP contribution in [0.3, 0.4) is 0 Å². The summed E-state index contributed by atoms with van der Waals surface area (Å²) in [6, 6.07) is 8.12. The van der Waals surface area contributed by atoms with Crippen LogP contribution in [-0.4, -0.2) is 76.9 Å². The molecular formula is C23H37N7O. The molecule has 0 spiro atoms. The van der Waals surface area contributed by atoms with Crippen LogP contribution in [0.25, 0.3) is 0 Å². The number of rotatable bonds is 9. The lowest BCUT2D eigenvalue weighted by Gasteiger charge is -2.37. The molecule has 0 amide bonds. The minimum Gasteiger partial charge on any atom is -0.497 e. The van der Waals surface area contributed by atoms with E-state index in [2.05, 4.69) is 62.8 Å². The number of ether oxygens (including phenoxy) is 1. The van der Waals surface area contributed by atoms with Crippen LogP contribution < -0.4 is 10.1 Å². The minimum absolute atomic E-state index is 0.644. The van der Waals surface area contributed by atoms with Crippen molar-refractivity contribution < 1.29 is 4.74 Å². The van der Waals surface area contributed by atoms with E-state index in [9.17, 15) is 0 Å². The predicted molar refractivity (Wildman–Crippen MR) is 124 cm³/mol. The summed E-state index contributed by atoms with van der Waals surface area (Å²) in [4.78, 5) is 9.88. The first-order valence-electron chi connectivity index (χ1n) is 11.3. The van der Waals surface area contributed by atoms with Gasteiger partial charge in [-0.1, -0.05) is 32.9 Å². The van der Waals surface area contributed by atoms with Crippen LogP contribution in [0.5, 0.6) is 5.75 Å². The van der Waals surface area contributed by atoms with E-state index in [4.69, 9.17) is 9.73 Å². The van der Waals surface area contributed by atoms with Gasteiger partial charge in [0, 0.05) is 52.2 Å². The van der Waals surface area contributed by atoms with Gasteiger partial charge in [-0.25, -0.2) is 4.99 Å². The Morgan fingerprint density at radius 1 is 1.16 bits per heavy atom. The van der Waals surface area contributed by atoms with E-state index in [1.54, 1.807) is 13.4 Å². The molecule has 0 unspecified atom stereocenters. The number of nitrogens with one attached hydrogen (secondary N) is 1. The molecule has 8 heteroatoms. The number of aryl methyl sites for hydroxylation is 1. The van der Waals surface area contributed by atoms with Gasteiger partial charge in [-0.3, -0.25) is 4.90 Å². The smallest absolute Gasteiger partial charge is 0.194 e. The molecule has 1 aliphatic rings. The summed E-state index contributed by atoms with van der Waals surface area (Å²) < 4.78 is 7.37. The Bertz CT molecular complexity index is 808. The van der Waals surface area contributed by atoms with Gasteiger partial charge >= 0.3 is 0 Å². The predicted octanol–water partition coefficient (Wildman–Crippen LogP) is 2.27. The highest BCUT2D eigenvalue weighted by Gasteiger charge is 2.20. The number of hydrogen-bond donors (Lipinski definition) is 1. The summed E-state index contributed by atoms with van der Waals surface area (Å²) in [5, 5.41) is 11.8. The molecule has 1 aliphatic heterocycles. The number of aromatic nitrogens is 3. The lowest BCUT2D eigenvalue weighted by molar-refractivity contribution is 0.163. The fourth-order valence-electron chi connectivity index (χ4n) is 3.85. The first-order valence-corrected chi connectivity index (χ1v) is 11.3. The highest BCUT2D eigenvalue weighted by Crippen LogP contribution is 2.12. The molecule has 170 valence electrons. The maximum Gasteiger partial charge on any atom is 0.194 e. The maximum atomic E-state index is 5.26. The van der Waals surface area contributed by atoms with E-state index in [0.717, 1.165) is 69.8 Å². The number of hydrogen-bond acceptors (Lipinski definition) is 5. The average Bonchev–Trinajstić information content (AvgIpc) is 3.24. The Labute approximate surface area is 186 Å². The molecule has 1 saturated heterocycles. The highest BCUT2D eigenvalue weighted by atomic mass is 16.5. The van der Waals surface area contributed by atoms with Crippen molar-refractivity contribution >= 4 is 5.96 Å². The van der Waals surface area contributed by atoms with Crippen LogP contribution in [0, 0.1) is 5.92 Å². The third kappa shape index (κ3) is 6.95. The summed E-state index contributed by atoms with van der Waals surface area (Å²) >= 11 is 0. The highest BCUT2D eigenvalue weighted by molar-refractivity contribution is 5.80. The maximum absolute atomic E-state index is 5.26. The molecule has 2 heterocycles. The van der Waals surface area contributed by atoms with Crippen molar-refractivity contribution in [3.05, 3.63) is 42.0 Å². The minimum atomic E-state index is 0.644. The summed E-state index contributed by atoms with van der Waals surface area (Å²) in [5.41, 5.74) is 1.17. The standard InChI is InChI=1S/C23H37N7O/c1-5-22-27-26-18-30(22)11-10-24-23(25-16-20-6-8-21(31-4)9-7-20)29-14-12-28(13-15-29)17-19(2)3/h6-9,18-19H,5,10-17H2,1-4H3,(H,24,25). The third-order valence-corrected chi connectivity index (χ3v) is 5.51. The molecule has 0 atom stereocenters. The van der Waals surface area contributed by atoms with Crippen LogP contribution in [0.4, 0.5) is 0 Å². The third-order valence-electron chi connectivity index (χ3n) is 5.51. The van der Waals surface area contributed by atoms with E-state index < -0.39 is 0 Å². The Morgan fingerprint density at radius 2 is 1.90 bits per heavy atom. The zero-order valence-electron chi connectivity index (χ0n) is 19.4. The lowest BCUT2D eigenvalue weighted by Crippen LogP contribution is -2.53. The Morgan fingerprint density at radius 3 is 2.55 bits per heavy atom. The van der Waals surface area contributed by atoms with Crippen LogP contribution in [0.2, 0.25) is 0 Å². The quantitative estimate of drug-likeness (QED) is 0.489. The number of aliphatic imine (C=N–C) groups is 1. The molecule has 1 fully saturated rings. The van der Waals surface area contributed by atoms with Gasteiger partial charge in [-0.05, 0) is 23.6 Å². The van der Waals surface area contributed by atoms with E-state index in [0.29, 0.717) is 12.5 Å². The first-order chi connectivity index (χ1) is 15.1. The van der Waals surface area contributed by atoms with Crippen molar-refractivity contribution in [3.8, 4) is 5.75 Å². The number of guanidine groups is 1. The molecule has 1 aromatic heterocycles. The molecular weight excluding hydrogens is 390 g/mol. The van der Waals surface area contributed by atoms with Crippen molar-refractivity contribution in [1.29, 1.82) is 0 Å². The summed E-state index contributed by atoms with van der Waals surface area (Å²) in [5.74, 6) is 3.56. The summed E-state index contributed by atoms with van der Waals surface area (Å²) in [7, 11) is 1.69. The van der Waals surface area contributed by atoms with Crippen molar-refractivity contribution in [3.63, 3.8) is 0 Å². The van der Waals surface area contributed by atoms with Gasteiger partial charge in [-0.15, -0.1) is 10.2 Å². The molecule has 0 radical (unpaired) electrons. The molecule has 0 saturated carbocycles. The van der Waals surface area contributed by atoms with E-state index in [1.165, 1.54) is 5.56 Å². The van der Waals surface area contributed by atoms with Gasteiger partial charge in [0.05, 0.1) is 13.7 Å². The van der Waals surface area contributed by atoms with Gasteiger partial charge < -0.3 is 19.5 Å². The molecule has 31 heavy (non-hydrogen) atoms. The molecule has 2 aromatic rings.